The molecule has 0 amide bonds. The molecule has 10 heteroatoms. The summed E-state index contributed by atoms with van der Waals surface area (Å²) in [4.78, 5) is 18.2. The van der Waals surface area contributed by atoms with E-state index < -0.39 is 0 Å². The summed E-state index contributed by atoms with van der Waals surface area (Å²) in [6.45, 7) is 6.71. The molecule has 0 radical (unpaired) electrons. The number of ether oxygens (including phenoxy) is 2. The second kappa shape index (κ2) is 12.6. The Bertz CT molecular complexity index is 1570. The second-order valence-corrected chi connectivity index (χ2v) is 11.2. The van der Waals surface area contributed by atoms with Crippen molar-refractivity contribution in [3.8, 4) is 11.5 Å². The van der Waals surface area contributed by atoms with Crippen LogP contribution in [0.2, 0.25) is 10.0 Å². The van der Waals surface area contributed by atoms with Gasteiger partial charge in [-0.05, 0) is 77.3 Å². The number of rotatable bonds is 9. The molecule has 1 atom stereocenters. The van der Waals surface area contributed by atoms with E-state index in [0.29, 0.717) is 50.4 Å². The van der Waals surface area contributed by atoms with Crippen molar-refractivity contribution in [2.45, 2.75) is 39.7 Å². The topological polar surface area (TPSA) is 65.7 Å². The van der Waals surface area contributed by atoms with Crippen LogP contribution in [0, 0.1) is 0 Å². The molecular formula is C28H25Br2Cl2N3O3. The third-order valence-corrected chi connectivity index (χ3v) is 7.86. The van der Waals surface area contributed by atoms with Crippen LogP contribution in [0.4, 0.5) is 0 Å². The summed E-state index contributed by atoms with van der Waals surface area (Å²) in [6, 6.07) is 14.5. The van der Waals surface area contributed by atoms with Crippen molar-refractivity contribution in [2.75, 3.05) is 6.61 Å². The Morgan fingerprint density at radius 3 is 2.50 bits per heavy atom. The molecule has 0 unspecified atom stereocenters. The molecule has 0 bridgehead atoms. The van der Waals surface area contributed by atoms with Crippen LogP contribution in [0.5, 0.6) is 11.5 Å². The highest BCUT2D eigenvalue weighted by Crippen LogP contribution is 2.34. The Kier molecular flexibility index (Phi) is 9.52. The zero-order valence-corrected chi connectivity index (χ0v) is 25.7. The Balaban J connectivity index is 1.71. The van der Waals surface area contributed by atoms with Crippen LogP contribution in [0.1, 0.15) is 50.1 Å². The average molecular weight is 682 g/mol. The Morgan fingerprint density at radius 2 is 1.79 bits per heavy atom. The predicted octanol–water partition coefficient (Wildman–Crippen LogP) is 8.60. The molecule has 38 heavy (non-hydrogen) atoms. The summed E-state index contributed by atoms with van der Waals surface area (Å²) in [6.07, 6.45) is 2.43. The van der Waals surface area contributed by atoms with Gasteiger partial charge in [0, 0.05) is 20.4 Å². The molecule has 3 aromatic carbocycles. The van der Waals surface area contributed by atoms with Crippen molar-refractivity contribution in [3.63, 3.8) is 0 Å². The molecule has 0 aliphatic rings. The van der Waals surface area contributed by atoms with Crippen molar-refractivity contribution in [3.05, 3.63) is 94.8 Å². The first-order chi connectivity index (χ1) is 18.2. The molecule has 1 aromatic heterocycles. The van der Waals surface area contributed by atoms with E-state index in [0.717, 1.165) is 20.9 Å². The highest BCUT2D eigenvalue weighted by atomic mass is 79.9. The maximum atomic E-state index is 13.4. The third kappa shape index (κ3) is 6.42. The fraction of sp³-hybridized carbons (Fsp3) is 0.250. The smallest absolute Gasteiger partial charge is 0.282 e. The summed E-state index contributed by atoms with van der Waals surface area (Å²) in [5.74, 6) is 1.74. The van der Waals surface area contributed by atoms with Gasteiger partial charge >= 0.3 is 0 Å². The largest absolute Gasteiger partial charge is 0.490 e. The van der Waals surface area contributed by atoms with E-state index >= 15 is 0 Å². The molecule has 0 spiro atoms. The number of halogens is 4. The maximum absolute atomic E-state index is 13.4. The minimum atomic E-state index is -0.231. The van der Waals surface area contributed by atoms with Crippen LogP contribution < -0.4 is 15.0 Å². The molecule has 198 valence electrons. The van der Waals surface area contributed by atoms with Crippen molar-refractivity contribution >= 4 is 72.2 Å². The molecule has 0 fully saturated rings. The molecular weight excluding hydrogens is 657 g/mol. The van der Waals surface area contributed by atoms with Gasteiger partial charge in [0.25, 0.3) is 5.56 Å². The van der Waals surface area contributed by atoms with Crippen LogP contribution in [0.25, 0.3) is 10.9 Å². The molecule has 1 heterocycles. The summed E-state index contributed by atoms with van der Waals surface area (Å²) in [5.41, 5.74) is 2.00. The first-order valence-electron chi connectivity index (χ1n) is 12.0. The van der Waals surface area contributed by atoms with Crippen LogP contribution >= 0.6 is 55.1 Å². The van der Waals surface area contributed by atoms with E-state index in [1.165, 1.54) is 4.68 Å². The summed E-state index contributed by atoms with van der Waals surface area (Å²) in [7, 11) is 0. The third-order valence-electron chi connectivity index (χ3n) is 5.94. The van der Waals surface area contributed by atoms with E-state index in [4.69, 9.17) is 37.7 Å². The van der Waals surface area contributed by atoms with E-state index in [1.807, 2.05) is 44.2 Å². The summed E-state index contributed by atoms with van der Waals surface area (Å²) < 4.78 is 14.8. The standard InChI is InChI=1S/C28H25Br2Cl2N3O3/c1-4-16(3)27-34-24-9-7-19(29)12-20(24)28(36)35(27)33-14-18-11-25(37-5-2)26(13-21(18)30)38-15-17-6-8-22(31)23(32)10-17/h6-14,16H,4-5,15H2,1-3H3/t16-/m1/s1. The average Bonchev–Trinajstić information content (AvgIpc) is 2.90. The van der Waals surface area contributed by atoms with Crippen LogP contribution in [0.3, 0.4) is 0 Å². The van der Waals surface area contributed by atoms with Gasteiger partial charge in [0.15, 0.2) is 11.5 Å². The van der Waals surface area contributed by atoms with Gasteiger partial charge in [-0.1, -0.05) is 59.0 Å². The van der Waals surface area contributed by atoms with Crippen LogP contribution in [-0.4, -0.2) is 22.5 Å². The molecule has 0 saturated heterocycles. The lowest BCUT2D eigenvalue weighted by Crippen LogP contribution is -2.23. The molecule has 0 N–H and O–H groups in total. The van der Waals surface area contributed by atoms with Gasteiger partial charge < -0.3 is 9.47 Å². The molecule has 4 rings (SSSR count). The minimum Gasteiger partial charge on any atom is -0.490 e. The Labute approximate surface area is 247 Å². The van der Waals surface area contributed by atoms with Gasteiger partial charge in [-0.25, -0.2) is 4.98 Å². The van der Waals surface area contributed by atoms with E-state index in [1.54, 1.807) is 24.4 Å². The zero-order valence-electron chi connectivity index (χ0n) is 21.0. The fourth-order valence-electron chi connectivity index (χ4n) is 3.72. The number of hydrogen-bond donors (Lipinski definition) is 0. The normalized spacial score (nSPS) is 12.3. The highest BCUT2D eigenvalue weighted by molar-refractivity contribution is 9.10. The van der Waals surface area contributed by atoms with E-state index in [9.17, 15) is 4.79 Å². The lowest BCUT2D eigenvalue weighted by Gasteiger charge is -2.15. The second-order valence-electron chi connectivity index (χ2n) is 8.59. The first-order valence-corrected chi connectivity index (χ1v) is 14.4. The summed E-state index contributed by atoms with van der Waals surface area (Å²) in [5, 5.41) is 6.02. The number of benzene rings is 3. The van der Waals surface area contributed by atoms with Crippen molar-refractivity contribution < 1.29 is 9.47 Å². The molecule has 4 aromatic rings. The predicted molar refractivity (Wildman–Crippen MR) is 162 cm³/mol. The maximum Gasteiger partial charge on any atom is 0.282 e. The number of fused-ring (bicyclic) bond motifs is 1. The van der Waals surface area contributed by atoms with Crippen molar-refractivity contribution in [1.82, 2.24) is 9.66 Å². The van der Waals surface area contributed by atoms with Gasteiger partial charge in [-0.2, -0.15) is 9.78 Å². The molecule has 0 aliphatic heterocycles. The van der Waals surface area contributed by atoms with Gasteiger partial charge in [-0.15, -0.1) is 0 Å². The molecule has 6 nitrogen and oxygen atoms in total. The lowest BCUT2D eigenvalue weighted by atomic mass is 10.1. The minimum absolute atomic E-state index is 0.0347. The van der Waals surface area contributed by atoms with Crippen molar-refractivity contribution in [2.24, 2.45) is 5.10 Å². The Hall–Kier alpha value is -2.39. The zero-order chi connectivity index (χ0) is 27.4. The van der Waals surface area contributed by atoms with Gasteiger partial charge in [-0.3, -0.25) is 4.79 Å². The highest BCUT2D eigenvalue weighted by Gasteiger charge is 2.16. The fourth-order valence-corrected chi connectivity index (χ4v) is 4.83. The van der Waals surface area contributed by atoms with Gasteiger partial charge in [0.1, 0.15) is 12.4 Å². The number of nitrogens with zero attached hydrogens (tertiary/aromatic N) is 3. The van der Waals surface area contributed by atoms with Crippen LogP contribution in [-0.2, 0) is 6.61 Å². The molecule has 0 aliphatic carbocycles. The quantitative estimate of drug-likeness (QED) is 0.166. The lowest BCUT2D eigenvalue weighted by molar-refractivity contribution is 0.269. The monoisotopic (exact) mass is 679 g/mol. The van der Waals surface area contributed by atoms with E-state index in [-0.39, 0.29) is 18.1 Å². The van der Waals surface area contributed by atoms with Gasteiger partial charge in [0.05, 0.1) is 33.8 Å². The summed E-state index contributed by atoms with van der Waals surface area (Å²) >= 11 is 19.2. The SMILES string of the molecule is CCOc1cc(C=Nn2c([C@H](C)CC)nc3ccc(Br)cc3c2=O)c(Br)cc1OCc1ccc(Cl)c(Cl)c1. The van der Waals surface area contributed by atoms with Crippen molar-refractivity contribution in [1.29, 1.82) is 0 Å². The first kappa shape index (κ1) is 28.6. The number of aromatic nitrogens is 2. The Morgan fingerprint density at radius 1 is 1.03 bits per heavy atom. The van der Waals surface area contributed by atoms with Gasteiger partial charge in [0.2, 0.25) is 0 Å². The van der Waals surface area contributed by atoms with Crippen LogP contribution in [0.15, 0.2) is 67.4 Å². The van der Waals surface area contributed by atoms with E-state index in [2.05, 4.69) is 43.9 Å². The number of hydrogen-bond acceptors (Lipinski definition) is 5. The molecule has 0 saturated carbocycles.